The van der Waals surface area contributed by atoms with Crippen molar-refractivity contribution in [1.29, 1.82) is 0 Å². The number of aryl methyl sites for hydroxylation is 1. The zero-order valence-electron chi connectivity index (χ0n) is 12.4. The van der Waals surface area contributed by atoms with E-state index in [0.29, 0.717) is 26.8 Å². The molecule has 4 nitrogen and oxygen atoms in total. The number of halogens is 3. The topological polar surface area (TPSA) is 37.9 Å². The molecule has 0 spiro atoms. The van der Waals surface area contributed by atoms with Crippen LogP contribution in [0.1, 0.15) is 10.5 Å². The SMILES string of the molecule is Cn1c2ccc(F)cc2c(C(=O)Nc2ccc(Cl)cc2Cl)[n+]1C. The van der Waals surface area contributed by atoms with Crippen LogP contribution in [0, 0.1) is 5.82 Å². The Bertz CT molecular complexity index is 937. The zero-order valence-corrected chi connectivity index (χ0v) is 13.9. The van der Waals surface area contributed by atoms with E-state index in [0.717, 1.165) is 5.52 Å². The van der Waals surface area contributed by atoms with E-state index >= 15 is 0 Å². The van der Waals surface area contributed by atoms with Crippen LogP contribution in [0.15, 0.2) is 36.4 Å². The van der Waals surface area contributed by atoms with E-state index in [1.54, 1.807) is 47.7 Å². The molecule has 0 unspecified atom stereocenters. The highest BCUT2D eigenvalue weighted by Gasteiger charge is 2.27. The molecule has 0 bridgehead atoms. The van der Waals surface area contributed by atoms with Crippen molar-refractivity contribution in [3.05, 3.63) is 58.0 Å². The van der Waals surface area contributed by atoms with E-state index in [1.165, 1.54) is 12.1 Å². The van der Waals surface area contributed by atoms with Gasteiger partial charge in [0, 0.05) is 5.02 Å². The second-order valence-electron chi connectivity index (χ2n) is 5.14. The molecule has 0 aliphatic heterocycles. The molecule has 7 heteroatoms. The Hall–Kier alpha value is -2.11. The van der Waals surface area contributed by atoms with Crippen molar-refractivity contribution in [3.8, 4) is 0 Å². The summed E-state index contributed by atoms with van der Waals surface area (Å²) in [4.78, 5) is 12.7. The molecule has 1 aromatic heterocycles. The normalized spacial score (nSPS) is 11.0. The van der Waals surface area contributed by atoms with Crippen molar-refractivity contribution >= 4 is 45.7 Å². The van der Waals surface area contributed by atoms with E-state index in [1.807, 2.05) is 0 Å². The van der Waals surface area contributed by atoms with Crippen LogP contribution in [-0.2, 0) is 14.1 Å². The number of anilines is 1. The van der Waals surface area contributed by atoms with Gasteiger partial charge < -0.3 is 5.32 Å². The number of nitrogens with zero attached hydrogens (tertiary/aromatic N) is 2. The Morgan fingerprint density at radius 1 is 1.22 bits per heavy atom. The van der Waals surface area contributed by atoms with Crippen LogP contribution in [0.25, 0.3) is 10.9 Å². The Morgan fingerprint density at radius 2 is 1.96 bits per heavy atom. The predicted octanol–water partition coefficient (Wildman–Crippen LogP) is 3.70. The van der Waals surface area contributed by atoms with Gasteiger partial charge in [0.25, 0.3) is 0 Å². The van der Waals surface area contributed by atoms with E-state index in [-0.39, 0.29) is 5.91 Å². The third-order valence-corrected chi connectivity index (χ3v) is 4.28. The highest BCUT2D eigenvalue weighted by Crippen LogP contribution is 2.26. The molecule has 0 saturated heterocycles. The van der Waals surface area contributed by atoms with Crippen molar-refractivity contribution in [1.82, 2.24) is 4.68 Å². The summed E-state index contributed by atoms with van der Waals surface area (Å²) < 4.78 is 17.0. The number of aromatic nitrogens is 2. The lowest BCUT2D eigenvalue weighted by Gasteiger charge is -2.05. The third-order valence-electron chi connectivity index (χ3n) is 3.73. The van der Waals surface area contributed by atoms with Crippen molar-refractivity contribution < 1.29 is 13.9 Å². The van der Waals surface area contributed by atoms with Crippen molar-refractivity contribution in [2.75, 3.05) is 5.32 Å². The van der Waals surface area contributed by atoms with Gasteiger partial charge in [-0.3, -0.25) is 4.79 Å². The molecular weight excluding hydrogens is 340 g/mol. The molecule has 1 N–H and O–H groups in total. The first-order valence-electron chi connectivity index (χ1n) is 6.79. The highest BCUT2D eigenvalue weighted by molar-refractivity contribution is 6.36. The van der Waals surface area contributed by atoms with Gasteiger partial charge in [0.2, 0.25) is 0 Å². The van der Waals surface area contributed by atoms with Gasteiger partial charge in [0.15, 0.2) is 7.05 Å². The monoisotopic (exact) mass is 352 g/mol. The van der Waals surface area contributed by atoms with E-state index < -0.39 is 5.82 Å². The van der Waals surface area contributed by atoms with E-state index in [2.05, 4.69) is 5.32 Å². The number of benzene rings is 2. The first-order chi connectivity index (χ1) is 10.9. The molecule has 0 aliphatic carbocycles. The fraction of sp³-hybridized carbons (Fsp3) is 0.125. The molecule has 3 aromatic rings. The number of hydrogen-bond donors (Lipinski definition) is 1. The van der Waals surface area contributed by atoms with E-state index in [9.17, 15) is 9.18 Å². The number of rotatable bonds is 2. The molecule has 118 valence electrons. The third kappa shape index (κ3) is 2.78. The van der Waals surface area contributed by atoms with Crippen LogP contribution >= 0.6 is 23.2 Å². The van der Waals surface area contributed by atoms with E-state index in [4.69, 9.17) is 23.2 Å². The first kappa shape index (κ1) is 15.8. The minimum absolute atomic E-state index is 0.333. The minimum Gasteiger partial charge on any atom is -0.315 e. The van der Waals surface area contributed by atoms with Gasteiger partial charge in [-0.05, 0) is 36.4 Å². The molecule has 1 amide bonds. The molecule has 3 rings (SSSR count). The zero-order chi connectivity index (χ0) is 16.7. The Kier molecular flexibility index (Phi) is 4.00. The number of amides is 1. The maximum absolute atomic E-state index is 13.6. The number of fused-ring (bicyclic) bond motifs is 1. The summed E-state index contributed by atoms with van der Waals surface area (Å²) in [5, 5.41) is 4.07. The quantitative estimate of drug-likeness (QED) is 0.701. The average molecular weight is 353 g/mol. The highest BCUT2D eigenvalue weighted by atomic mass is 35.5. The van der Waals surface area contributed by atoms with Gasteiger partial charge in [-0.15, -0.1) is 4.68 Å². The summed E-state index contributed by atoms with van der Waals surface area (Å²) in [5.41, 5.74) is 1.53. The van der Waals surface area contributed by atoms with Gasteiger partial charge in [-0.2, -0.15) is 4.68 Å². The fourth-order valence-electron chi connectivity index (χ4n) is 2.51. The lowest BCUT2D eigenvalue weighted by atomic mass is 10.2. The summed E-state index contributed by atoms with van der Waals surface area (Å²) in [7, 11) is 3.53. The first-order valence-corrected chi connectivity index (χ1v) is 7.54. The molecule has 23 heavy (non-hydrogen) atoms. The van der Waals surface area contributed by atoms with Crippen molar-refractivity contribution in [2.24, 2.45) is 14.1 Å². The van der Waals surface area contributed by atoms with Crippen LogP contribution in [0.5, 0.6) is 0 Å². The second-order valence-corrected chi connectivity index (χ2v) is 5.98. The maximum Gasteiger partial charge on any atom is 0.323 e. The Labute approximate surface area is 142 Å². The second kappa shape index (κ2) is 5.83. The van der Waals surface area contributed by atoms with Crippen LogP contribution in [0.3, 0.4) is 0 Å². The Morgan fingerprint density at radius 3 is 2.65 bits per heavy atom. The lowest BCUT2D eigenvalue weighted by Crippen LogP contribution is -2.43. The summed E-state index contributed by atoms with van der Waals surface area (Å²) in [6, 6.07) is 9.13. The van der Waals surface area contributed by atoms with Crippen LogP contribution in [0.4, 0.5) is 10.1 Å². The van der Waals surface area contributed by atoms with Gasteiger partial charge in [0.1, 0.15) is 11.3 Å². The molecule has 1 heterocycles. The molecule has 0 radical (unpaired) electrons. The van der Waals surface area contributed by atoms with Gasteiger partial charge in [-0.1, -0.05) is 23.2 Å². The summed E-state index contributed by atoms with van der Waals surface area (Å²) in [5.74, 6) is -0.782. The molecule has 0 aliphatic rings. The summed E-state index contributed by atoms with van der Waals surface area (Å²) >= 11 is 11.9. The maximum atomic E-state index is 13.6. The van der Waals surface area contributed by atoms with Crippen LogP contribution < -0.4 is 10.00 Å². The van der Waals surface area contributed by atoms with Crippen LogP contribution in [-0.4, -0.2) is 10.6 Å². The molecule has 0 saturated carbocycles. The minimum atomic E-state index is -0.401. The Balaban J connectivity index is 2.07. The number of nitrogens with one attached hydrogen (secondary N) is 1. The van der Waals surface area contributed by atoms with Crippen LogP contribution in [0.2, 0.25) is 10.0 Å². The van der Waals surface area contributed by atoms with Crippen molar-refractivity contribution in [3.63, 3.8) is 0 Å². The number of hydrogen-bond acceptors (Lipinski definition) is 1. The molecule has 2 aromatic carbocycles. The van der Waals surface area contributed by atoms with Gasteiger partial charge in [-0.25, -0.2) is 4.39 Å². The largest absolute Gasteiger partial charge is 0.323 e. The molecule has 0 atom stereocenters. The standard InChI is InChI=1S/C16H12Cl2FN3O/c1-21-14-6-4-10(19)8-11(14)15(22(21)2)16(23)20-13-5-3-9(17)7-12(13)18/h3-8H,1-2H3/p+1. The predicted molar refractivity (Wildman–Crippen MR) is 88.5 cm³/mol. The fourth-order valence-corrected chi connectivity index (χ4v) is 2.96. The summed E-state index contributed by atoms with van der Waals surface area (Å²) in [6.45, 7) is 0. The van der Waals surface area contributed by atoms with Crippen molar-refractivity contribution in [2.45, 2.75) is 0 Å². The average Bonchev–Trinajstić information content (AvgIpc) is 2.73. The number of carbonyl (C=O) groups excluding carboxylic acids is 1. The number of carbonyl (C=O) groups is 1. The molecular formula is C16H13Cl2FN3O+. The van der Waals surface area contributed by atoms with Gasteiger partial charge in [0.05, 0.1) is 23.1 Å². The molecule has 0 fully saturated rings. The van der Waals surface area contributed by atoms with Gasteiger partial charge >= 0.3 is 11.6 Å². The smallest absolute Gasteiger partial charge is 0.315 e. The lowest BCUT2D eigenvalue weighted by molar-refractivity contribution is -0.750. The summed E-state index contributed by atoms with van der Waals surface area (Å²) in [6.07, 6.45) is 0.